The van der Waals surface area contributed by atoms with Crippen molar-refractivity contribution < 1.29 is 4.79 Å². The first-order chi connectivity index (χ1) is 10.7. The Labute approximate surface area is 126 Å². The molecule has 0 aliphatic rings. The van der Waals surface area contributed by atoms with Crippen molar-refractivity contribution in [3.8, 4) is 0 Å². The van der Waals surface area contributed by atoms with E-state index in [9.17, 15) is 4.79 Å². The van der Waals surface area contributed by atoms with Gasteiger partial charge in [0.05, 0.1) is 11.6 Å². The van der Waals surface area contributed by atoms with Crippen LogP contribution in [0.25, 0.3) is 5.65 Å². The van der Waals surface area contributed by atoms with E-state index in [2.05, 4.69) is 30.9 Å². The average Bonchev–Trinajstić information content (AvgIpc) is 3.19. The molecule has 9 nitrogen and oxygen atoms in total. The third kappa shape index (κ3) is 2.52. The minimum Gasteiger partial charge on any atom is -0.342 e. The van der Waals surface area contributed by atoms with Crippen LogP contribution in [0.15, 0.2) is 24.7 Å². The highest BCUT2D eigenvalue weighted by atomic mass is 16.1. The van der Waals surface area contributed by atoms with E-state index in [1.807, 2.05) is 13.8 Å². The van der Waals surface area contributed by atoms with Crippen LogP contribution in [0, 0.1) is 0 Å². The smallest absolute Gasteiger partial charge is 0.253 e. The topological polar surface area (TPSA) is 103 Å². The van der Waals surface area contributed by atoms with Crippen LogP contribution >= 0.6 is 0 Å². The summed E-state index contributed by atoms with van der Waals surface area (Å²) < 4.78 is 3.24. The molecule has 9 heteroatoms. The number of nitrogens with one attached hydrogen (secondary N) is 1. The largest absolute Gasteiger partial charge is 0.342 e. The Bertz CT molecular complexity index is 792. The lowest BCUT2D eigenvalue weighted by Crippen LogP contribution is -2.30. The second kappa shape index (κ2) is 5.88. The number of tetrazole rings is 1. The van der Waals surface area contributed by atoms with Gasteiger partial charge in [0.15, 0.2) is 5.65 Å². The molecule has 0 fully saturated rings. The number of aromatic nitrogens is 7. The molecule has 0 aliphatic carbocycles. The number of aryl methyl sites for hydroxylation is 1. The summed E-state index contributed by atoms with van der Waals surface area (Å²) in [7, 11) is 0. The Balaban J connectivity index is 1.82. The van der Waals surface area contributed by atoms with E-state index in [1.165, 1.54) is 10.8 Å². The summed E-state index contributed by atoms with van der Waals surface area (Å²) >= 11 is 0. The molecule has 0 aromatic carbocycles. The third-order valence-electron chi connectivity index (χ3n) is 3.42. The molecule has 3 aromatic heterocycles. The van der Waals surface area contributed by atoms with E-state index in [0.29, 0.717) is 17.8 Å². The molecular formula is C13H16N8O. The van der Waals surface area contributed by atoms with Crippen LogP contribution in [0.5, 0.6) is 0 Å². The molecule has 114 valence electrons. The number of amides is 1. The van der Waals surface area contributed by atoms with E-state index in [1.54, 1.807) is 23.0 Å². The Kier molecular flexibility index (Phi) is 3.77. The van der Waals surface area contributed by atoms with E-state index < -0.39 is 0 Å². The fourth-order valence-corrected chi connectivity index (χ4v) is 2.25. The van der Waals surface area contributed by atoms with E-state index in [-0.39, 0.29) is 11.9 Å². The first kappa shape index (κ1) is 14.1. The monoisotopic (exact) mass is 300 g/mol. The standard InChI is InChI=1S/C13H16N8O/c1-3-10(12-14-8-15-20(12)4-2)16-13(22)9-5-6-11-17-18-19-21(11)7-9/h5-8,10H,3-4H2,1-2H3,(H,16,22). The molecule has 1 amide bonds. The number of carbonyl (C=O) groups excluding carboxylic acids is 1. The maximum atomic E-state index is 12.4. The number of hydrogen-bond acceptors (Lipinski definition) is 6. The number of fused-ring (bicyclic) bond motifs is 1. The van der Waals surface area contributed by atoms with E-state index in [4.69, 9.17) is 0 Å². The van der Waals surface area contributed by atoms with Crippen molar-refractivity contribution in [1.82, 2.24) is 40.1 Å². The molecule has 0 spiro atoms. The quantitative estimate of drug-likeness (QED) is 0.741. The molecule has 3 rings (SSSR count). The van der Waals surface area contributed by atoms with Crippen molar-refractivity contribution in [1.29, 1.82) is 0 Å². The average molecular weight is 300 g/mol. The molecular weight excluding hydrogens is 284 g/mol. The molecule has 3 aromatic rings. The molecule has 0 aliphatic heterocycles. The maximum Gasteiger partial charge on any atom is 0.253 e. The summed E-state index contributed by atoms with van der Waals surface area (Å²) in [5, 5.41) is 18.3. The summed E-state index contributed by atoms with van der Waals surface area (Å²) in [5.74, 6) is 0.553. The summed E-state index contributed by atoms with van der Waals surface area (Å²) in [4.78, 5) is 16.7. The molecule has 22 heavy (non-hydrogen) atoms. The van der Waals surface area contributed by atoms with Gasteiger partial charge < -0.3 is 5.32 Å². The van der Waals surface area contributed by atoms with Gasteiger partial charge in [-0.15, -0.1) is 5.10 Å². The number of hydrogen-bond donors (Lipinski definition) is 1. The zero-order valence-electron chi connectivity index (χ0n) is 12.3. The van der Waals surface area contributed by atoms with Gasteiger partial charge in [0.25, 0.3) is 5.91 Å². The van der Waals surface area contributed by atoms with Gasteiger partial charge in [-0.3, -0.25) is 4.79 Å². The Morgan fingerprint density at radius 1 is 1.36 bits per heavy atom. The highest BCUT2D eigenvalue weighted by molar-refractivity contribution is 5.94. The number of pyridine rings is 1. The molecule has 0 saturated carbocycles. The SMILES string of the molecule is CCC(NC(=O)c1ccc2nnnn2c1)c1ncnn1CC. The molecule has 3 heterocycles. The second-order valence-electron chi connectivity index (χ2n) is 4.77. The van der Waals surface area contributed by atoms with E-state index in [0.717, 1.165) is 12.2 Å². The summed E-state index contributed by atoms with van der Waals surface area (Å²) in [6.45, 7) is 4.68. The summed E-state index contributed by atoms with van der Waals surface area (Å²) in [6, 6.07) is 3.20. The fourth-order valence-electron chi connectivity index (χ4n) is 2.25. The molecule has 1 unspecified atom stereocenters. The van der Waals surface area contributed by atoms with Crippen molar-refractivity contribution in [2.24, 2.45) is 0 Å². The van der Waals surface area contributed by atoms with Gasteiger partial charge >= 0.3 is 0 Å². The van der Waals surface area contributed by atoms with Crippen LogP contribution in [-0.4, -0.2) is 40.7 Å². The van der Waals surface area contributed by atoms with Crippen molar-refractivity contribution in [3.63, 3.8) is 0 Å². The number of nitrogens with zero attached hydrogens (tertiary/aromatic N) is 7. The zero-order chi connectivity index (χ0) is 15.5. The van der Waals surface area contributed by atoms with Gasteiger partial charge in [0.2, 0.25) is 0 Å². The third-order valence-corrected chi connectivity index (χ3v) is 3.42. The van der Waals surface area contributed by atoms with Crippen LogP contribution in [0.3, 0.4) is 0 Å². The van der Waals surface area contributed by atoms with Gasteiger partial charge in [-0.25, -0.2) is 9.67 Å². The predicted octanol–water partition coefficient (Wildman–Crippen LogP) is 0.617. The maximum absolute atomic E-state index is 12.4. The van der Waals surface area contributed by atoms with Crippen molar-refractivity contribution in [2.75, 3.05) is 0 Å². The van der Waals surface area contributed by atoms with Crippen molar-refractivity contribution in [2.45, 2.75) is 32.9 Å². The van der Waals surface area contributed by atoms with Gasteiger partial charge in [0, 0.05) is 12.7 Å². The van der Waals surface area contributed by atoms with Gasteiger partial charge in [-0.05, 0) is 35.9 Å². The Hall–Kier alpha value is -2.84. The molecule has 0 saturated heterocycles. The van der Waals surface area contributed by atoms with Crippen LogP contribution in [0.4, 0.5) is 0 Å². The van der Waals surface area contributed by atoms with Crippen molar-refractivity contribution in [3.05, 3.63) is 36.0 Å². The zero-order valence-corrected chi connectivity index (χ0v) is 12.3. The van der Waals surface area contributed by atoms with Crippen LogP contribution in [-0.2, 0) is 6.54 Å². The van der Waals surface area contributed by atoms with E-state index >= 15 is 0 Å². The van der Waals surface area contributed by atoms with Gasteiger partial charge in [-0.2, -0.15) is 9.61 Å². The predicted molar refractivity (Wildman–Crippen MR) is 77.0 cm³/mol. The van der Waals surface area contributed by atoms with Gasteiger partial charge in [-0.1, -0.05) is 6.92 Å². The summed E-state index contributed by atoms with van der Waals surface area (Å²) in [5.41, 5.74) is 1.08. The molecule has 1 atom stereocenters. The first-order valence-electron chi connectivity index (χ1n) is 7.09. The second-order valence-corrected chi connectivity index (χ2v) is 4.77. The van der Waals surface area contributed by atoms with Crippen molar-refractivity contribution >= 4 is 11.6 Å². The normalized spacial score (nSPS) is 12.5. The Morgan fingerprint density at radius 2 is 2.23 bits per heavy atom. The van der Waals surface area contributed by atoms with Crippen LogP contribution < -0.4 is 5.32 Å². The fraction of sp³-hybridized carbons (Fsp3) is 0.385. The number of carbonyl (C=O) groups is 1. The lowest BCUT2D eigenvalue weighted by atomic mass is 10.2. The highest BCUT2D eigenvalue weighted by Crippen LogP contribution is 2.14. The lowest BCUT2D eigenvalue weighted by Gasteiger charge is -2.16. The molecule has 0 radical (unpaired) electrons. The first-order valence-corrected chi connectivity index (χ1v) is 7.09. The Morgan fingerprint density at radius 3 is 3.00 bits per heavy atom. The minimum absolute atomic E-state index is 0.195. The van der Waals surface area contributed by atoms with Gasteiger partial charge in [0.1, 0.15) is 12.2 Å². The summed E-state index contributed by atoms with van der Waals surface area (Å²) in [6.07, 6.45) is 3.82. The minimum atomic E-state index is -0.199. The number of rotatable bonds is 5. The highest BCUT2D eigenvalue weighted by Gasteiger charge is 2.19. The molecule has 0 bridgehead atoms. The van der Waals surface area contributed by atoms with Crippen LogP contribution in [0.2, 0.25) is 0 Å². The molecule has 1 N–H and O–H groups in total. The lowest BCUT2D eigenvalue weighted by molar-refractivity contribution is 0.0932. The van der Waals surface area contributed by atoms with Crippen LogP contribution in [0.1, 0.15) is 42.5 Å².